The third kappa shape index (κ3) is 5.44. The summed E-state index contributed by atoms with van der Waals surface area (Å²) in [5.41, 5.74) is 3.05. The van der Waals surface area contributed by atoms with Crippen LogP contribution in [0.3, 0.4) is 0 Å². The first-order chi connectivity index (χ1) is 15.6. The van der Waals surface area contributed by atoms with Crippen molar-refractivity contribution in [2.45, 2.75) is 25.7 Å². The van der Waals surface area contributed by atoms with Crippen LogP contribution in [0.15, 0.2) is 79.6 Å². The second-order valence-electron chi connectivity index (χ2n) is 7.61. The molecule has 0 fully saturated rings. The number of hydrogen-bond acceptors (Lipinski definition) is 2. The minimum Gasteiger partial charge on any atom is -0.241 e. The number of fused-ring (bicyclic) bond motifs is 1. The summed E-state index contributed by atoms with van der Waals surface area (Å²) in [5.74, 6) is 6.02. The van der Waals surface area contributed by atoms with Gasteiger partial charge < -0.3 is 0 Å². The molecule has 0 saturated carbocycles. The molecule has 1 aromatic heterocycles. The number of benzene rings is 3. The summed E-state index contributed by atoms with van der Waals surface area (Å²) < 4.78 is 27.9. The fourth-order valence-electron chi connectivity index (χ4n) is 3.41. The highest BCUT2D eigenvalue weighted by molar-refractivity contribution is 5.84. The van der Waals surface area contributed by atoms with E-state index in [2.05, 4.69) is 28.4 Å². The fourth-order valence-corrected chi connectivity index (χ4v) is 3.41. The maximum Gasteiger partial charge on any atom is 0.139 e. The van der Waals surface area contributed by atoms with E-state index in [1.807, 2.05) is 42.7 Å². The van der Waals surface area contributed by atoms with Gasteiger partial charge in [-0.3, -0.25) is 0 Å². The number of aromatic nitrogens is 2. The van der Waals surface area contributed by atoms with Crippen LogP contribution in [0, 0.1) is 23.5 Å². The first kappa shape index (κ1) is 21.4. The Morgan fingerprint density at radius 2 is 1.56 bits per heavy atom. The molecule has 158 valence electrons. The van der Waals surface area contributed by atoms with Gasteiger partial charge in [-0.15, -0.1) is 6.58 Å². The van der Waals surface area contributed by atoms with Crippen molar-refractivity contribution >= 4 is 10.8 Å². The van der Waals surface area contributed by atoms with Gasteiger partial charge in [0.1, 0.15) is 17.5 Å². The van der Waals surface area contributed by atoms with Crippen LogP contribution in [-0.4, -0.2) is 9.97 Å². The first-order valence-electron chi connectivity index (χ1n) is 10.5. The number of halogens is 2. The maximum atomic E-state index is 14.6. The zero-order chi connectivity index (χ0) is 22.3. The Morgan fingerprint density at radius 1 is 0.781 bits per heavy atom. The van der Waals surface area contributed by atoms with Crippen LogP contribution in [0.1, 0.15) is 34.5 Å². The van der Waals surface area contributed by atoms with E-state index in [9.17, 15) is 8.78 Å². The Morgan fingerprint density at radius 3 is 2.34 bits per heavy atom. The van der Waals surface area contributed by atoms with E-state index < -0.39 is 0 Å². The van der Waals surface area contributed by atoms with Gasteiger partial charge in [0.05, 0.1) is 5.56 Å². The molecule has 4 rings (SSSR count). The zero-order valence-electron chi connectivity index (χ0n) is 17.6. The van der Waals surface area contributed by atoms with E-state index in [-0.39, 0.29) is 11.6 Å². The number of rotatable bonds is 6. The average molecular weight is 424 g/mol. The predicted octanol–water partition coefficient (Wildman–Crippen LogP) is 6.21. The average Bonchev–Trinajstić information content (AvgIpc) is 2.81. The van der Waals surface area contributed by atoms with Gasteiger partial charge in [-0.1, -0.05) is 36.1 Å². The van der Waals surface area contributed by atoms with Crippen LogP contribution in [0.25, 0.3) is 10.8 Å². The third-order valence-corrected chi connectivity index (χ3v) is 5.21. The van der Waals surface area contributed by atoms with Gasteiger partial charge in [-0.25, -0.2) is 18.7 Å². The predicted molar refractivity (Wildman–Crippen MR) is 124 cm³/mol. The molecule has 4 heteroatoms. The lowest BCUT2D eigenvalue weighted by Gasteiger charge is -2.04. The molecular formula is C28H22F2N2. The molecule has 0 N–H and O–H groups in total. The van der Waals surface area contributed by atoms with E-state index in [0.717, 1.165) is 46.1 Å². The van der Waals surface area contributed by atoms with E-state index in [4.69, 9.17) is 0 Å². The third-order valence-electron chi connectivity index (χ3n) is 5.21. The van der Waals surface area contributed by atoms with Crippen LogP contribution in [-0.2, 0) is 19.3 Å². The highest BCUT2D eigenvalue weighted by Crippen LogP contribution is 2.17. The van der Waals surface area contributed by atoms with Gasteiger partial charge in [0, 0.05) is 24.4 Å². The van der Waals surface area contributed by atoms with E-state index >= 15 is 0 Å². The lowest BCUT2D eigenvalue weighted by Crippen LogP contribution is -2.00. The Bertz CT molecular complexity index is 1320. The largest absolute Gasteiger partial charge is 0.241 e. The normalized spacial score (nSPS) is 10.6. The van der Waals surface area contributed by atoms with Gasteiger partial charge in [-0.05, 0) is 77.6 Å². The first-order valence-corrected chi connectivity index (χ1v) is 10.5. The van der Waals surface area contributed by atoms with Crippen molar-refractivity contribution in [3.05, 3.63) is 119 Å². The van der Waals surface area contributed by atoms with E-state index in [1.165, 1.54) is 18.2 Å². The second-order valence-corrected chi connectivity index (χ2v) is 7.61. The summed E-state index contributed by atoms with van der Waals surface area (Å²) in [7, 11) is 0. The quantitative estimate of drug-likeness (QED) is 0.272. The van der Waals surface area contributed by atoms with Gasteiger partial charge in [0.2, 0.25) is 0 Å². The Labute approximate surface area is 186 Å². The SMILES string of the molecule is C=CCCc1cnc(CCc2ccc(C#Cc3ccc4cc(F)ccc4c3)c(F)c2)nc1. The Hall–Kier alpha value is -3.84. The molecule has 1 heterocycles. The van der Waals surface area contributed by atoms with Gasteiger partial charge in [-0.2, -0.15) is 0 Å². The summed E-state index contributed by atoms with van der Waals surface area (Å²) >= 11 is 0. The van der Waals surface area contributed by atoms with Crippen LogP contribution in [0.4, 0.5) is 8.78 Å². The molecule has 0 radical (unpaired) electrons. The molecule has 0 spiro atoms. The highest BCUT2D eigenvalue weighted by Gasteiger charge is 2.04. The maximum absolute atomic E-state index is 14.6. The van der Waals surface area contributed by atoms with Crippen molar-refractivity contribution in [1.29, 1.82) is 0 Å². The smallest absolute Gasteiger partial charge is 0.139 e. The molecular weight excluding hydrogens is 402 g/mol. The Kier molecular flexibility index (Phi) is 6.67. The molecule has 0 saturated heterocycles. The van der Waals surface area contributed by atoms with Crippen LogP contribution >= 0.6 is 0 Å². The van der Waals surface area contributed by atoms with Gasteiger partial charge in [0.15, 0.2) is 0 Å². The molecule has 0 bridgehead atoms. The summed E-state index contributed by atoms with van der Waals surface area (Å²) in [6.45, 7) is 3.72. The summed E-state index contributed by atoms with van der Waals surface area (Å²) in [6.07, 6.45) is 8.64. The van der Waals surface area contributed by atoms with Gasteiger partial charge >= 0.3 is 0 Å². The fraction of sp³-hybridized carbons (Fsp3) is 0.143. The summed E-state index contributed by atoms with van der Waals surface area (Å²) in [4.78, 5) is 8.79. The van der Waals surface area contributed by atoms with Crippen LogP contribution in [0.5, 0.6) is 0 Å². The molecule has 0 atom stereocenters. The Balaban J connectivity index is 1.41. The van der Waals surface area contributed by atoms with E-state index in [1.54, 1.807) is 12.1 Å². The summed E-state index contributed by atoms with van der Waals surface area (Å²) in [5, 5.41) is 1.70. The van der Waals surface area contributed by atoms with Crippen molar-refractivity contribution in [3.8, 4) is 11.8 Å². The molecule has 0 unspecified atom stereocenters. The standard InChI is InChI=1S/C28H22F2N2/c1-2-3-4-22-18-31-28(32-19-22)14-8-21-6-10-23(27(30)16-21)9-5-20-7-11-25-17-26(29)13-12-24(25)15-20/h2,6-7,10-13,15-19H,1,3-4,8,14H2. The van der Waals surface area contributed by atoms with Crippen LogP contribution < -0.4 is 0 Å². The second kappa shape index (κ2) is 9.98. The lowest BCUT2D eigenvalue weighted by atomic mass is 10.0. The molecule has 0 aliphatic heterocycles. The number of allylic oxidation sites excluding steroid dienone is 1. The highest BCUT2D eigenvalue weighted by atomic mass is 19.1. The van der Waals surface area contributed by atoms with Crippen molar-refractivity contribution in [2.24, 2.45) is 0 Å². The van der Waals surface area contributed by atoms with Gasteiger partial charge in [0.25, 0.3) is 0 Å². The lowest BCUT2D eigenvalue weighted by molar-refractivity contribution is 0.621. The minimum absolute atomic E-state index is 0.273. The molecule has 4 aromatic rings. The molecule has 0 amide bonds. The van der Waals surface area contributed by atoms with Crippen LogP contribution in [0.2, 0.25) is 0 Å². The zero-order valence-corrected chi connectivity index (χ0v) is 17.6. The number of aryl methyl sites for hydroxylation is 3. The number of nitrogens with zero attached hydrogens (tertiary/aromatic N) is 2. The van der Waals surface area contributed by atoms with Crippen molar-refractivity contribution < 1.29 is 8.78 Å². The summed E-state index contributed by atoms with van der Waals surface area (Å²) in [6, 6.07) is 15.2. The molecule has 2 nitrogen and oxygen atoms in total. The number of hydrogen-bond donors (Lipinski definition) is 0. The molecule has 3 aromatic carbocycles. The topological polar surface area (TPSA) is 25.8 Å². The molecule has 0 aliphatic rings. The van der Waals surface area contributed by atoms with Crippen molar-refractivity contribution in [2.75, 3.05) is 0 Å². The monoisotopic (exact) mass is 424 g/mol. The molecule has 32 heavy (non-hydrogen) atoms. The van der Waals surface area contributed by atoms with Crippen molar-refractivity contribution in [1.82, 2.24) is 9.97 Å². The molecule has 0 aliphatic carbocycles. The van der Waals surface area contributed by atoms with E-state index in [0.29, 0.717) is 18.4 Å². The minimum atomic E-state index is -0.349. The van der Waals surface area contributed by atoms with Crippen molar-refractivity contribution in [3.63, 3.8) is 0 Å².